The molecule has 1 aliphatic carbocycles. The normalized spacial score (nSPS) is 16.6. The largest absolute Gasteiger partial charge is 0.378 e. The van der Waals surface area contributed by atoms with E-state index in [2.05, 4.69) is 27.5 Å². The molecule has 0 unspecified atom stereocenters. The van der Waals surface area contributed by atoms with Crippen LogP contribution in [-0.2, 0) is 0 Å². The van der Waals surface area contributed by atoms with Crippen LogP contribution in [-0.4, -0.2) is 22.5 Å². The number of nitrogens with zero attached hydrogens (tertiary/aromatic N) is 1. The molecule has 17 heavy (non-hydrogen) atoms. The van der Waals surface area contributed by atoms with E-state index in [4.69, 9.17) is 0 Å². The van der Waals surface area contributed by atoms with Crippen molar-refractivity contribution in [1.82, 2.24) is 0 Å². The summed E-state index contributed by atoms with van der Waals surface area (Å²) in [5.74, 6) is 0. The summed E-state index contributed by atoms with van der Waals surface area (Å²) in [6.45, 7) is 0.788. The van der Waals surface area contributed by atoms with Crippen molar-refractivity contribution in [3.63, 3.8) is 0 Å². The van der Waals surface area contributed by atoms with E-state index in [1.165, 1.54) is 18.9 Å². The maximum Gasteiger partial charge on any atom is 0.293 e. The molecule has 1 aromatic rings. The molecule has 0 atom stereocenters. The number of nitrogens with one attached hydrogen (secondary N) is 1. The summed E-state index contributed by atoms with van der Waals surface area (Å²) in [5, 5.41) is 14.1. The summed E-state index contributed by atoms with van der Waals surface area (Å²) in [6.07, 6.45) is 4.46. The smallest absolute Gasteiger partial charge is 0.293 e. The number of halogens is 1. The molecule has 1 fully saturated rings. The van der Waals surface area contributed by atoms with E-state index in [0.717, 1.165) is 11.0 Å². The number of rotatable bonds is 5. The predicted octanol–water partition coefficient (Wildman–Crippen LogP) is 3.66. The lowest BCUT2D eigenvalue weighted by molar-refractivity contribution is -0.384. The summed E-state index contributed by atoms with van der Waals surface area (Å²) in [6, 6.07) is 5.09. The Bertz CT molecular complexity index is 449. The van der Waals surface area contributed by atoms with Gasteiger partial charge in [-0.25, -0.2) is 0 Å². The number of thioether (sulfide) groups is 1. The Morgan fingerprint density at radius 2 is 2.29 bits per heavy atom. The quantitative estimate of drug-likeness (QED) is 0.665. The van der Waals surface area contributed by atoms with Gasteiger partial charge in [0.2, 0.25) is 0 Å². The van der Waals surface area contributed by atoms with Crippen LogP contribution in [0.1, 0.15) is 12.8 Å². The summed E-state index contributed by atoms with van der Waals surface area (Å²) in [4.78, 5) is 10.6. The highest BCUT2D eigenvalue weighted by atomic mass is 79.9. The zero-order valence-electron chi connectivity index (χ0n) is 9.40. The van der Waals surface area contributed by atoms with Gasteiger partial charge >= 0.3 is 0 Å². The van der Waals surface area contributed by atoms with Crippen LogP contribution >= 0.6 is 27.7 Å². The van der Waals surface area contributed by atoms with Crippen LogP contribution in [0, 0.1) is 10.1 Å². The average Bonchev–Trinajstić information content (AvgIpc) is 3.08. The first-order valence-electron chi connectivity index (χ1n) is 5.29. The Labute approximate surface area is 112 Å². The lowest BCUT2D eigenvalue weighted by Gasteiger charge is -2.14. The molecule has 0 saturated heterocycles. The first-order chi connectivity index (χ1) is 8.06. The van der Waals surface area contributed by atoms with Crippen LogP contribution in [0.3, 0.4) is 0 Å². The fraction of sp³-hybridized carbons (Fsp3) is 0.455. The SMILES string of the molecule is CSC1(CNc2ccc(Br)cc2[N+](=O)[O-])CC1. The molecular weight excluding hydrogens is 304 g/mol. The lowest BCUT2D eigenvalue weighted by atomic mass is 10.2. The number of benzene rings is 1. The van der Waals surface area contributed by atoms with Gasteiger partial charge in [-0.3, -0.25) is 10.1 Å². The molecule has 1 saturated carbocycles. The third-order valence-corrected chi connectivity index (χ3v) is 4.91. The molecule has 0 amide bonds. The summed E-state index contributed by atoms with van der Waals surface area (Å²) in [7, 11) is 0. The average molecular weight is 317 g/mol. The fourth-order valence-electron chi connectivity index (χ4n) is 1.65. The second-order valence-corrected chi connectivity index (χ2v) is 6.35. The highest BCUT2D eigenvalue weighted by molar-refractivity contribution is 9.10. The molecule has 2 rings (SSSR count). The van der Waals surface area contributed by atoms with E-state index >= 15 is 0 Å². The molecule has 4 nitrogen and oxygen atoms in total. The van der Waals surface area contributed by atoms with Crippen molar-refractivity contribution < 1.29 is 4.92 Å². The van der Waals surface area contributed by atoms with Crippen LogP contribution in [0.5, 0.6) is 0 Å². The zero-order valence-corrected chi connectivity index (χ0v) is 11.8. The van der Waals surface area contributed by atoms with Gasteiger partial charge in [0.15, 0.2) is 0 Å². The third-order valence-electron chi connectivity index (χ3n) is 3.00. The molecule has 6 heteroatoms. The van der Waals surface area contributed by atoms with E-state index in [-0.39, 0.29) is 10.6 Å². The maximum absolute atomic E-state index is 10.9. The molecule has 92 valence electrons. The van der Waals surface area contributed by atoms with E-state index in [9.17, 15) is 10.1 Å². The van der Waals surface area contributed by atoms with Gasteiger partial charge in [0, 0.05) is 21.8 Å². The van der Waals surface area contributed by atoms with Crippen molar-refractivity contribution in [3.05, 3.63) is 32.8 Å². The van der Waals surface area contributed by atoms with Crippen LogP contribution in [0.25, 0.3) is 0 Å². The topological polar surface area (TPSA) is 55.2 Å². The Balaban J connectivity index is 2.12. The number of hydrogen-bond acceptors (Lipinski definition) is 4. The molecule has 1 N–H and O–H groups in total. The molecule has 0 aliphatic heterocycles. The Morgan fingerprint density at radius 3 is 2.82 bits per heavy atom. The van der Waals surface area contributed by atoms with E-state index in [1.807, 2.05) is 17.8 Å². The van der Waals surface area contributed by atoms with Crippen molar-refractivity contribution in [2.75, 3.05) is 18.1 Å². The van der Waals surface area contributed by atoms with Gasteiger partial charge in [-0.05, 0) is 31.2 Å². The summed E-state index contributed by atoms with van der Waals surface area (Å²) >= 11 is 5.08. The van der Waals surface area contributed by atoms with Gasteiger partial charge in [0.05, 0.1) is 4.92 Å². The Kier molecular flexibility index (Phi) is 3.63. The van der Waals surface area contributed by atoms with E-state index < -0.39 is 0 Å². The monoisotopic (exact) mass is 316 g/mol. The van der Waals surface area contributed by atoms with Crippen molar-refractivity contribution >= 4 is 39.1 Å². The minimum absolute atomic E-state index is 0.122. The number of nitro benzene ring substituents is 1. The van der Waals surface area contributed by atoms with Crippen molar-refractivity contribution in [3.8, 4) is 0 Å². The van der Waals surface area contributed by atoms with Crippen molar-refractivity contribution in [1.29, 1.82) is 0 Å². The van der Waals surface area contributed by atoms with Gasteiger partial charge < -0.3 is 5.32 Å². The standard InChI is InChI=1S/C11H13BrN2O2S/c1-17-11(4-5-11)7-13-9-3-2-8(12)6-10(9)14(15)16/h2-3,6,13H,4-5,7H2,1H3. The van der Waals surface area contributed by atoms with Crippen molar-refractivity contribution in [2.45, 2.75) is 17.6 Å². The summed E-state index contributed by atoms with van der Waals surface area (Å²) < 4.78 is 1.02. The Morgan fingerprint density at radius 1 is 1.59 bits per heavy atom. The minimum atomic E-state index is -0.355. The molecule has 1 aliphatic rings. The number of nitro groups is 1. The summed E-state index contributed by atoms with van der Waals surface area (Å²) in [5.41, 5.74) is 0.717. The van der Waals surface area contributed by atoms with Gasteiger partial charge in [0.1, 0.15) is 5.69 Å². The molecule has 0 radical (unpaired) electrons. The fourth-order valence-corrected chi connectivity index (χ4v) is 2.73. The van der Waals surface area contributed by atoms with Crippen LogP contribution in [0.15, 0.2) is 22.7 Å². The van der Waals surface area contributed by atoms with E-state index in [1.54, 1.807) is 6.07 Å². The van der Waals surface area contributed by atoms with Gasteiger partial charge in [-0.15, -0.1) is 0 Å². The number of hydrogen-bond donors (Lipinski definition) is 1. The second kappa shape index (κ2) is 4.86. The van der Waals surface area contributed by atoms with Crippen molar-refractivity contribution in [2.24, 2.45) is 0 Å². The molecule has 1 aromatic carbocycles. The third kappa shape index (κ3) is 2.93. The first-order valence-corrected chi connectivity index (χ1v) is 7.31. The lowest BCUT2D eigenvalue weighted by Crippen LogP contribution is -2.17. The highest BCUT2D eigenvalue weighted by Gasteiger charge is 2.41. The van der Waals surface area contributed by atoms with Gasteiger partial charge in [0.25, 0.3) is 5.69 Å². The molecule has 0 bridgehead atoms. The zero-order chi connectivity index (χ0) is 12.5. The predicted molar refractivity (Wildman–Crippen MR) is 74.8 cm³/mol. The van der Waals surface area contributed by atoms with Gasteiger partial charge in [-0.1, -0.05) is 15.9 Å². The van der Waals surface area contributed by atoms with E-state index in [0.29, 0.717) is 10.4 Å². The van der Waals surface area contributed by atoms with Crippen LogP contribution in [0.4, 0.5) is 11.4 Å². The highest BCUT2D eigenvalue weighted by Crippen LogP contribution is 2.47. The first kappa shape index (κ1) is 12.7. The molecular formula is C11H13BrN2O2S. The Hall–Kier alpha value is -0.750. The molecule has 0 heterocycles. The minimum Gasteiger partial charge on any atom is -0.378 e. The maximum atomic E-state index is 10.9. The number of anilines is 1. The molecule has 0 aromatic heterocycles. The second-order valence-electron chi connectivity index (χ2n) is 4.16. The molecule has 0 spiro atoms. The van der Waals surface area contributed by atoms with Crippen LogP contribution in [0.2, 0.25) is 0 Å². The van der Waals surface area contributed by atoms with Crippen LogP contribution < -0.4 is 5.32 Å². The van der Waals surface area contributed by atoms with Gasteiger partial charge in [-0.2, -0.15) is 11.8 Å².